The minimum absolute atomic E-state index is 0.0369. The SMILES string of the molecule is N=Nc1ccc(Cl)c(C(=O)O)c1. The van der Waals surface area contributed by atoms with Crippen molar-refractivity contribution in [3.05, 3.63) is 28.8 Å². The van der Waals surface area contributed by atoms with Crippen molar-refractivity contribution in [3.63, 3.8) is 0 Å². The van der Waals surface area contributed by atoms with Gasteiger partial charge in [0.05, 0.1) is 16.3 Å². The molecule has 1 aromatic rings. The Morgan fingerprint density at radius 2 is 2.25 bits per heavy atom. The van der Waals surface area contributed by atoms with E-state index in [4.69, 9.17) is 22.2 Å². The molecule has 4 nitrogen and oxygen atoms in total. The Morgan fingerprint density at radius 1 is 1.58 bits per heavy atom. The minimum Gasteiger partial charge on any atom is -0.478 e. The van der Waals surface area contributed by atoms with Crippen LogP contribution >= 0.6 is 11.6 Å². The van der Waals surface area contributed by atoms with E-state index in [2.05, 4.69) is 5.11 Å². The van der Waals surface area contributed by atoms with E-state index in [-0.39, 0.29) is 16.3 Å². The number of benzene rings is 1. The Bertz CT molecular complexity index is 338. The molecular weight excluding hydrogens is 180 g/mol. The van der Waals surface area contributed by atoms with Crippen molar-refractivity contribution in [1.82, 2.24) is 0 Å². The van der Waals surface area contributed by atoms with Crippen molar-refractivity contribution < 1.29 is 9.90 Å². The van der Waals surface area contributed by atoms with Gasteiger partial charge in [-0.05, 0) is 18.2 Å². The van der Waals surface area contributed by atoms with Gasteiger partial charge in [0.15, 0.2) is 0 Å². The molecule has 5 heteroatoms. The van der Waals surface area contributed by atoms with Gasteiger partial charge in [0.2, 0.25) is 0 Å². The van der Waals surface area contributed by atoms with Gasteiger partial charge < -0.3 is 5.11 Å². The van der Waals surface area contributed by atoms with Gasteiger partial charge >= 0.3 is 5.97 Å². The molecule has 0 spiro atoms. The molecule has 12 heavy (non-hydrogen) atoms. The maximum absolute atomic E-state index is 10.5. The fourth-order valence-electron chi connectivity index (χ4n) is 0.747. The number of carboxylic acids is 1. The number of nitrogens with zero attached hydrogens (tertiary/aromatic N) is 1. The summed E-state index contributed by atoms with van der Waals surface area (Å²) < 4.78 is 0. The fourth-order valence-corrected chi connectivity index (χ4v) is 0.945. The predicted octanol–water partition coefficient (Wildman–Crippen LogP) is 2.70. The molecule has 62 valence electrons. The zero-order chi connectivity index (χ0) is 9.14. The highest BCUT2D eigenvalue weighted by Crippen LogP contribution is 2.21. The van der Waals surface area contributed by atoms with Gasteiger partial charge in [0.25, 0.3) is 0 Å². The van der Waals surface area contributed by atoms with Crippen LogP contribution in [0.4, 0.5) is 5.69 Å². The lowest BCUT2D eigenvalue weighted by Gasteiger charge is -1.97. The topological polar surface area (TPSA) is 73.5 Å². The van der Waals surface area contributed by atoms with Gasteiger partial charge in [-0.1, -0.05) is 11.6 Å². The van der Waals surface area contributed by atoms with Crippen molar-refractivity contribution >= 4 is 23.3 Å². The maximum Gasteiger partial charge on any atom is 0.337 e. The molecule has 0 aliphatic carbocycles. The molecule has 0 unspecified atom stereocenters. The Kier molecular flexibility index (Phi) is 2.40. The number of carboxylic acid groups (broad SMARTS) is 1. The smallest absolute Gasteiger partial charge is 0.337 e. The number of carbonyl (C=O) groups is 1. The highest BCUT2D eigenvalue weighted by Gasteiger charge is 2.08. The fraction of sp³-hybridized carbons (Fsp3) is 0. The standard InChI is InChI=1S/C7H5ClN2O2/c8-6-2-1-4(10-9)3-5(6)7(11)12/h1-3,9H,(H,11,12). The van der Waals surface area contributed by atoms with Gasteiger partial charge in [-0.15, -0.1) is 0 Å². The second-order valence-electron chi connectivity index (χ2n) is 2.08. The molecule has 1 aromatic carbocycles. The highest BCUT2D eigenvalue weighted by atomic mass is 35.5. The van der Waals surface area contributed by atoms with Crippen LogP contribution in [0.25, 0.3) is 0 Å². The first-order valence-electron chi connectivity index (χ1n) is 3.05. The number of hydrogen-bond acceptors (Lipinski definition) is 3. The summed E-state index contributed by atoms with van der Waals surface area (Å²) in [6.45, 7) is 0. The van der Waals surface area contributed by atoms with Crippen LogP contribution in [0.1, 0.15) is 10.4 Å². The second-order valence-corrected chi connectivity index (χ2v) is 2.49. The van der Waals surface area contributed by atoms with E-state index < -0.39 is 5.97 Å². The Labute approximate surface area is 73.3 Å². The average molecular weight is 185 g/mol. The summed E-state index contributed by atoms with van der Waals surface area (Å²) in [6.07, 6.45) is 0. The van der Waals surface area contributed by atoms with Gasteiger partial charge in [0.1, 0.15) is 0 Å². The van der Waals surface area contributed by atoms with E-state index >= 15 is 0 Å². The third-order valence-electron chi connectivity index (χ3n) is 1.31. The molecule has 0 saturated carbocycles. The molecule has 0 bridgehead atoms. The van der Waals surface area contributed by atoms with Gasteiger partial charge in [0, 0.05) is 0 Å². The monoisotopic (exact) mass is 184 g/mol. The Morgan fingerprint density at radius 3 is 2.75 bits per heavy atom. The van der Waals surface area contributed by atoms with Crippen molar-refractivity contribution in [1.29, 1.82) is 5.53 Å². The first-order chi connectivity index (χ1) is 5.65. The summed E-state index contributed by atoms with van der Waals surface area (Å²) in [5.74, 6) is -1.12. The van der Waals surface area contributed by atoms with E-state index in [1.165, 1.54) is 18.2 Å². The lowest BCUT2D eigenvalue weighted by Crippen LogP contribution is -1.96. The molecule has 0 heterocycles. The minimum atomic E-state index is -1.12. The quantitative estimate of drug-likeness (QED) is 0.694. The first kappa shape index (κ1) is 8.67. The van der Waals surface area contributed by atoms with Crippen molar-refractivity contribution in [3.8, 4) is 0 Å². The molecule has 0 atom stereocenters. The molecule has 1 rings (SSSR count). The normalized spacial score (nSPS) is 9.42. The van der Waals surface area contributed by atoms with Gasteiger partial charge in [-0.2, -0.15) is 5.11 Å². The third kappa shape index (κ3) is 1.60. The van der Waals surface area contributed by atoms with E-state index in [0.717, 1.165) is 0 Å². The zero-order valence-electron chi connectivity index (χ0n) is 5.91. The van der Waals surface area contributed by atoms with Gasteiger partial charge in [-0.3, -0.25) is 0 Å². The van der Waals surface area contributed by atoms with E-state index in [1.807, 2.05) is 0 Å². The van der Waals surface area contributed by atoms with Crippen molar-refractivity contribution in [2.24, 2.45) is 5.11 Å². The summed E-state index contributed by atoms with van der Waals surface area (Å²) in [7, 11) is 0. The summed E-state index contributed by atoms with van der Waals surface area (Å²) in [5.41, 5.74) is 6.88. The van der Waals surface area contributed by atoms with Crippen LogP contribution in [0.3, 0.4) is 0 Å². The summed E-state index contributed by atoms with van der Waals surface area (Å²) >= 11 is 5.56. The van der Waals surface area contributed by atoms with Gasteiger partial charge in [-0.25, -0.2) is 10.3 Å². The molecule has 0 aromatic heterocycles. The molecule has 2 N–H and O–H groups in total. The predicted molar refractivity (Wildman–Crippen MR) is 43.2 cm³/mol. The molecule has 0 radical (unpaired) electrons. The number of nitrogens with one attached hydrogen (secondary N) is 1. The molecule has 0 amide bonds. The summed E-state index contributed by atoms with van der Waals surface area (Å²) in [5, 5.41) is 11.8. The lowest BCUT2D eigenvalue weighted by atomic mass is 10.2. The number of rotatable bonds is 2. The zero-order valence-corrected chi connectivity index (χ0v) is 6.67. The molecule has 0 saturated heterocycles. The lowest BCUT2D eigenvalue weighted by molar-refractivity contribution is 0.0697. The van der Waals surface area contributed by atoms with Crippen LogP contribution in [-0.4, -0.2) is 11.1 Å². The van der Waals surface area contributed by atoms with E-state index in [0.29, 0.717) is 0 Å². The van der Waals surface area contributed by atoms with Crippen LogP contribution in [0, 0.1) is 5.53 Å². The van der Waals surface area contributed by atoms with Crippen molar-refractivity contribution in [2.75, 3.05) is 0 Å². The van der Waals surface area contributed by atoms with E-state index in [1.54, 1.807) is 0 Å². The average Bonchev–Trinajstić information content (AvgIpc) is 2.05. The first-order valence-corrected chi connectivity index (χ1v) is 3.43. The van der Waals surface area contributed by atoms with Crippen LogP contribution in [0.5, 0.6) is 0 Å². The molecular formula is C7H5ClN2O2. The summed E-state index contributed by atoms with van der Waals surface area (Å²) in [4.78, 5) is 10.5. The Hall–Kier alpha value is -1.42. The maximum atomic E-state index is 10.5. The van der Waals surface area contributed by atoms with Crippen LogP contribution in [-0.2, 0) is 0 Å². The Balaban J connectivity index is 3.25. The van der Waals surface area contributed by atoms with Crippen LogP contribution in [0.15, 0.2) is 23.3 Å². The van der Waals surface area contributed by atoms with E-state index in [9.17, 15) is 4.79 Å². The largest absolute Gasteiger partial charge is 0.478 e. The van der Waals surface area contributed by atoms with Crippen LogP contribution in [0.2, 0.25) is 5.02 Å². The molecule has 0 fully saturated rings. The molecule has 0 aliphatic heterocycles. The number of hydrogen-bond donors (Lipinski definition) is 2. The third-order valence-corrected chi connectivity index (χ3v) is 1.64. The number of halogens is 1. The second kappa shape index (κ2) is 3.32. The number of aromatic carboxylic acids is 1. The summed E-state index contributed by atoms with van der Waals surface area (Å²) in [6, 6.07) is 4.12. The van der Waals surface area contributed by atoms with Crippen LogP contribution < -0.4 is 0 Å². The molecule has 0 aliphatic rings. The highest BCUT2D eigenvalue weighted by molar-refractivity contribution is 6.33. The van der Waals surface area contributed by atoms with Crippen molar-refractivity contribution in [2.45, 2.75) is 0 Å².